The molecule has 0 heterocycles. The molecule has 0 spiro atoms. The Morgan fingerprint density at radius 1 is 0.600 bits per heavy atom. The molecule has 0 atom stereocenters. The van der Waals surface area contributed by atoms with Crippen LogP contribution in [0.3, 0.4) is 0 Å². The molecular formula is C21H16N2O2. The molecule has 122 valence electrons. The third-order valence-electron chi connectivity index (χ3n) is 3.56. The van der Waals surface area contributed by atoms with Gasteiger partial charge in [0.15, 0.2) is 0 Å². The van der Waals surface area contributed by atoms with Crippen LogP contribution in [-0.4, -0.2) is 17.6 Å². The highest BCUT2D eigenvalue weighted by Gasteiger charge is 2.12. The standard InChI is InChI=1S/C21H16N2O2/c24-20(18-14-8-3-9-15-18)23-21(25)22-19(16-10-4-1-5-11-16)17-12-6-2-7-13-17/h1-15H,(H,23,24,25). The SMILES string of the molecule is O=C(N=C(c1ccccc1)c1ccccc1)NC(=O)c1ccccc1. The molecule has 0 aromatic heterocycles. The Morgan fingerprint density at radius 2 is 1.00 bits per heavy atom. The summed E-state index contributed by atoms with van der Waals surface area (Å²) in [5.74, 6) is -0.477. The zero-order chi connectivity index (χ0) is 17.5. The Balaban J connectivity index is 1.88. The van der Waals surface area contributed by atoms with E-state index < -0.39 is 11.9 Å². The highest BCUT2D eigenvalue weighted by Crippen LogP contribution is 2.11. The number of carbonyl (C=O) groups is 2. The largest absolute Gasteiger partial charge is 0.348 e. The van der Waals surface area contributed by atoms with Gasteiger partial charge in [0.1, 0.15) is 0 Å². The lowest BCUT2D eigenvalue weighted by atomic mass is 10.0. The third-order valence-corrected chi connectivity index (χ3v) is 3.56. The first kappa shape index (κ1) is 16.3. The van der Waals surface area contributed by atoms with E-state index in [1.54, 1.807) is 30.3 Å². The molecule has 4 heteroatoms. The number of nitrogens with zero attached hydrogens (tertiary/aromatic N) is 1. The minimum absolute atomic E-state index is 0.409. The highest BCUT2D eigenvalue weighted by atomic mass is 16.2. The van der Waals surface area contributed by atoms with E-state index in [-0.39, 0.29) is 0 Å². The number of imide groups is 1. The lowest BCUT2D eigenvalue weighted by molar-refractivity contribution is 0.0966. The number of amides is 3. The van der Waals surface area contributed by atoms with E-state index in [1.807, 2.05) is 60.7 Å². The predicted molar refractivity (Wildman–Crippen MR) is 97.8 cm³/mol. The molecule has 3 amide bonds. The minimum Gasteiger partial charge on any atom is -0.272 e. The molecule has 0 unspecified atom stereocenters. The van der Waals surface area contributed by atoms with Crippen molar-refractivity contribution in [1.82, 2.24) is 5.32 Å². The fraction of sp³-hybridized carbons (Fsp3) is 0. The number of urea groups is 1. The smallest absolute Gasteiger partial charge is 0.272 e. The van der Waals surface area contributed by atoms with E-state index in [4.69, 9.17) is 0 Å². The highest BCUT2D eigenvalue weighted by molar-refractivity contribution is 6.18. The predicted octanol–water partition coefficient (Wildman–Crippen LogP) is 4.07. The average molecular weight is 328 g/mol. The van der Waals surface area contributed by atoms with Crippen LogP contribution in [0.25, 0.3) is 0 Å². The van der Waals surface area contributed by atoms with E-state index in [0.29, 0.717) is 11.3 Å². The molecule has 3 rings (SSSR count). The van der Waals surface area contributed by atoms with Crippen molar-refractivity contribution in [3.8, 4) is 0 Å². The zero-order valence-electron chi connectivity index (χ0n) is 13.4. The molecule has 0 saturated carbocycles. The van der Waals surface area contributed by atoms with Gasteiger partial charge in [-0.3, -0.25) is 10.1 Å². The Morgan fingerprint density at radius 3 is 1.44 bits per heavy atom. The van der Waals surface area contributed by atoms with Gasteiger partial charge in [0.05, 0.1) is 5.71 Å². The summed E-state index contributed by atoms with van der Waals surface area (Å²) < 4.78 is 0. The van der Waals surface area contributed by atoms with E-state index in [2.05, 4.69) is 10.3 Å². The van der Waals surface area contributed by atoms with Crippen molar-refractivity contribution >= 4 is 17.6 Å². The monoisotopic (exact) mass is 328 g/mol. The topological polar surface area (TPSA) is 58.5 Å². The number of nitrogens with one attached hydrogen (secondary N) is 1. The van der Waals surface area contributed by atoms with Gasteiger partial charge in [-0.2, -0.15) is 4.99 Å². The van der Waals surface area contributed by atoms with Gasteiger partial charge < -0.3 is 0 Å². The second-order valence-corrected chi connectivity index (χ2v) is 5.32. The van der Waals surface area contributed by atoms with Crippen molar-refractivity contribution < 1.29 is 9.59 Å². The van der Waals surface area contributed by atoms with Crippen molar-refractivity contribution in [1.29, 1.82) is 0 Å². The summed E-state index contributed by atoms with van der Waals surface area (Å²) >= 11 is 0. The Kier molecular flexibility index (Phi) is 5.12. The summed E-state index contributed by atoms with van der Waals surface area (Å²) in [4.78, 5) is 28.5. The lowest BCUT2D eigenvalue weighted by Crippen LogP contribution is -2.28. The molecular weight excluding hydrogens is 312 g/mol. The third kappa shape index (κ3) is 4.26. The molecule has 3 aromatic carbocycles. The summed E-state index contributed by atoms with van der Waals surface area (Å²) in [6.45, 7) is 0. The Bertz CT molecular complexity index is 847. The van der Waals surface area contributed by atoms with E-state index >= 15 is 0 Å². The zero-order valence-corrected chi connectivity index (χ0v) is 13.4. The van der Waals surface area contributed by atoms with Crippen LogP contribution in [-0.2, 0) is 0 Å². The summed E-state index contributed by atoms with van der Waals surface area (Å²) in [7, 11) is 0. The number of benzene rings is 3. The maximum Gasteiger partial charge on any atom is 0.348 e. The van der Waals surface area contributed by atoms with Crippen LogP contribution in [0, 0.1) is 0 Å². The van der Waals surface area contributed by atoms with Crippen LogP contribution in [0.5, 0.6) is 0 Å². The second kappa shape index (κ2) is 7.84. The number of hydrogen-bond donors (Lipinski definition) is 1. The van der Waals surface area contributed by atoms with Gasteiger partial charge in [-0.25, -0.2) is 4.79 Å². The molecule has 25 heavy (non-hydrogen) atoms. The maximum atomic E-state index is 12.3. The van der Waals surface area contributed by atoms with Gasteiger partial charge in [-0.1, -0.05) is 78.9 Å². The molecule has 0 aliphatic carbocycles. The molecule has 1 N–H and O–H groups in total. The first-order chi connectivity index (χ1) is 12.2. The van der Waals surface area contributed by atoms with Crippen LogP contribution in [0.1, 0.15) is 21.5 Å². The van der Waals surface area contributed by atoms with Crippen molar-refractivity contribution in [2.24, 2.45) is 4.99 Å². The van der Waals surface area contributed by atoms with E-state index in [9.17, 15) is 9.59 Å². The normalized spacial score (nSPS) is 9.92. The summed E-state index contributed by atoms with van der Waals surface area (Å²) in [5.41, 5.74) is 2.53. The number of aliphatic imine (C=N–C) groups is 1. The Hall–Kier alpha value is -3.53. The number of carbonyl (C=O) groups excluding carboxylic acids is 2. The van der Waals surface area contributed by atoms with Gasteiger partial charge in [0, 0.05) is 16.7 Å². The summed E-state index contributed by atoms with van der Waals surface area (Å²) in [5, 5.41) is 2.30. The van der Waals surface area contributed by atoms with Crippen molar-refractivity contribution in [2.45, 2.75) is 0 Å². The summed E-state index contributed by atoms with van der Waals surface area (Å²) in [6.07, 6.45) is 0. The number of rotatable bonds is 3. The fourth-order valence-corrected chi connectivity index (χ4v) is 2.38. The van der Waals surface area contributed by atoms with Gasteiger partial charge in [-0.05, 0) is 12.1 Å². The first-order valence-corrected chi connectivity index (χ1v) is 7.84. The summed E-state index contributed by atoms with van der Waals surface area (Å²) in [6, 6.07) is 26.6. The van der Waals surface area contributed by atoms with Gasteiger partial charge >= 0.3 is 6.03 Å². The second-order valence-electron chi connectivity index (χ2n) is 5.32. The number of hydrogen-bond acceptors (Lipinski definition) is 2. The van der Waals surface area contributed by atoms with Gasteiger partial charge in [-0.15, -0.1) is 0 Å². The van der Waals surface area contributed by atoms with Crippen molar-refractivity contribution in [3.63, 3.8) is 0 Å². The van der Waals surface area contributed by atoms with Crippen LogP contribution in [0.2, 0.25) is 0 Å². The Labute approximate surface area is 145 Å². The molecule has 0 saturated heterocycles. The first-order valence-electron chi connectivity index (χ1n) is 7.84. The average Bonchev–Trinajstić information content (AvgIpc) is 2.68. The maximum absolute atomic E-state index is 12.3. The molecule has 0 bridgehead atoms. The van der Waals surface area contributed by atoms with Crippen molar-refractivity contribution in [3.05, 3.63) is 108 Å². The minimum atomic E-state index is -0.698. The lowest BCUT2D eigenvalue weighted by Gasteiger charge is -2.07. The molecule has 4 nitrogen and oxygen atoms in total. The van der Waals surface area contributed by atoms with Gasteiger partial charge in [0.25, 0.3) is 5.91 Å². The molecule has 0 radical (unpaired) electrons. The quantitative estimate of drug-likeness (QED) is 0.737. The molecule has 0 aliphatic heterocycles. The molecule has 0 aliphatic rings. The van der Waals surface area contributed by atoms with Crippen LogP contribution in [0.4, 0.5) is 4.79 Å². The fourth-order valence-electron chi connectivity index (χ4n) is 2.38. The molecule has 0 fully saturated rings. The van der Waals surface area contributed by atoms with Crippen molar-refractivity contribution in [2.75, 3.05) is 0 Å². The van der Waals surface area contributed by atoms with Gasteiger partial charge in [0.2, 0.25) is 0 Å². The van der Waals surface area contributed by atoms with Crippen LogP contribution in [0.15, 0.2) is 96.0 Å². The van der Waals surface area contributed by atoms with Crippen LogP contribution >= 0.6 is 0 Å². The van der Waals surface area contributed by atoms with Crippen LogP contribution < -0.4 is 5.32 Å². The van der Waals surface area contributed by atoms with E-state index in [1.165, 1.54) is 0 Å². The molecule has 3 aromatic rings. The van der Waals surface area contributed by atoms with E-state index in [0.717, 1.165) is 11.1 Å².